The number of primary amides is 1. The number of hydrogen-bond acceptors (Lipinski definition) is 4. The lowest BCUT2D eigenvalue weighted by atomic mass is 10.0. The van der Waals surface area contributed by atoms with Crippen LogP contribution in [0.15, 0.2) is 29.2 Å². The topological polar surface area (TPSA) is 115 Å². The van der Waals surface area contributed by atoms with Crippen molar-refractivity contribution in [1.29, 1.82) is 0 Å². The van der Waals surface area contributed by atoms with E-state index in [1.807, 2.05) is 20.8 Å². The predicted molar refractivity (Wildman–Crippen MR) is 77.2 cm³/mol. The van der Waals surface area contributed by atoms with Crippen LogP contribution < -0.4 is 16.2 Å². The first-order valence-electron chi connectivity index (χ1n) is 6.31. The van der Waals surface area contributed by atoms with Gasteiger partial charge in [0.05, 0.1) is 10.9 Å². The average molecular weight is 299 g/mol. The standard InChI is InChI=1S/C13H21N3O3S/c1-8(2)12(13(14)17)16-9(3)10-4-6-11(7-5-10)20(15,18)19/h4-9,12,16H,1-3H3,(H2,14,17)(H2,15,18,19). The number of nitrogens with two attached hydrogens (primary N) is 2. The van der Waals surface area contributed by atoms with Crippen molar-refractivity contribution in [1.82, 2.24) is 5.32 Å². The minimum absolute atomic E-state index is 0.0590. The Balaban J connectivity index is 2.88. The molecule has 5 N–H and O–H groups in total. The van der Waals surface area contributed by atoms with Crippen molar-refractivity contribution in [3.63, 3.8) is 0 Å². The number of amides is 1. The predicted octanol–water partition coefficient (Wildman–Crippen LogP) is 0.495. The highest BCUT2D eigenvalue weighted by Gasteiger charge is 2.21. The SMILES string of the molecule is CC(NC(C(N)=O)C(C)C)c1ccc(S(N)(=O)=O)cc1. The zero-order chi connectivity index (χ0) is 15.5. The van der Waals surface area contributed by atoms with Crippen molar-refractivity contribution < 1.29 is 13.2 Å². The van der Waals surface area contributed by atoms with Gasteiger partial charge >= 0.3 is 0 Å². The van der Waals surface area contributed by atoms with Crippen LogP contribution in [0.2, 0.25) is 0 Å². The first kappa shape index (κ1) is 16.6. The lowest BCUT2D eigenvalue weighted by molar-refractivity contribution is -0.121. The number of carbonyl (C=O) groups excluding carboxylic acids is 1. The Hall–Kier alpha value is -1.44. The van der Waals surface area contributed by atoms with Gasteiger partial charge in [-0.15, -0.1) is 0 Å². The number of rotatable bonds is 6. The quantitative estimate of drug-likeness (QED) is 0.709. The van der Waals surface area contributed by atoms with Gasteiger partial charge in [-0.1, -0.05) is 26.0 Å². The fraction of sp³-hybridized carbons (Fsp3) is 0.462. The van der Waals surface area contributed by atoms with Crippen LogP contribution >= 0.6 is 0 Å². The molecule has 20 heavy (non-hydrogen) atoms. The van der Waals surface area contributed by atoms with Crippen molar-refractivity contribution >= 4 is 15.9 Å². The normalized spacial score (nSPS) is 15.1. The molecule has 2 atom stereocenters. The molecule has 0 radical (unpaired) electrons. The van der Waals surface area contributed by atoms with Crippen molar-refractivity contribution in [2.45, 2.75) is 37.8 Å². The van der Waals surface area contributed by atoms with Crippen molar-refractivity contribution in [2.24, 2.45) is 16.8 Å². The minimum Gasteiger partial charge on any atom is -0.368 e. The molecular formula is C13H21N3O3S. The van der Waals surface area contributed by atoms with Gasteiger partial charge in [-0.25, -0.2) is 13.6 Å². The van der Waals surface area contributed by atoms with E-state index in [9.17, 15) is 13.2 Å². The Morgan fingerprint density at radius 3 is 2.00 bits per heavy atom. The second kappa shape index (κ2) is 6.34. The second-order valence-corrected chi connectivity index (χ2v) is 6.69. The van der Waals surface area contributed by atoms with E-state index in [0.717, 1.165) is 5.56 Å². The maximum absolute atomic E-state index is 11.4. The third-order valence-corrected chi connectivity index (χ3v) is 4.04. The van der Waals surface area contributed by atoms with Gasteiger partial charge < -0.3 is 5.73 Å². The van der Waals surface area contributed by atoms with Gasteiger partial charge in [0.15, 0.2) is 0 Å². The summed E-state index contributed by atoms with van der Waals surface area (Å²) in [4.78, 5) is 11.4. The van der Waals surface area contributed by atoms with Crippen molar-refractivity contribution in [3.05, 3.63) is 29.8 Å². The molecular weight excluding hydrogens is 278 g/mol. The Labute approximate surface area is 119 Å². The Bertz CT molecular complexity index is 567. The molecule has 0 aliphatic carbocycles. The van der Waals surface area contributed by atoms with Gasteiger partial charge in [0.2, 0.25) is 15.9 Å². The molecule has 0 aliphatic heterocycles. The summed E-state index contributed by atoms with van der Waals surface area (Å²) >= 11 is 0. The fourth-order valence-electron chi connectivity index (χ4n) is 1.91. The highest BCUT2D eigenvalue weighted by atomic mass is 32.2. The molecule has 0 heterocycles. The summed E-state index contributed by atoms with van der Waals surface area (Å²) in [5.74, 6) is -0.341. The molecule has 1 amide bonds. The number of sulfonamides is 1. The molecule has 0 saturated heterocycles. The summed E-state index contributed by atoms with van der Waals surface area (Å²) < 4.78 is 22.3. The number of primary sulfonamides is 1. The molecule has 7 heteroatoms. The summed E-state index contributed by atoms with van der Waals surface area (Å²) in [5.41, 5.74) is 6.20. The highest BCUT2D eigenvalue weighted by Crippen LogP contribution is 2.17. The molecule has 0 aliphatic rings. The summed E-state index contributed by atoms with van der Waals surface area (Å²) in [6, 6.07) is 5.63. The fourth-order valence-corrected chi connectivity index (χ4v) is 2.43. The molecule has 2 unspecified atom stereocenters. The minimum atomic E-state index is -3.69. The van der Waals surface area contributed by atoms with Crippen molar-refractivity contribution in [2.75, 3.05) is 0 Å². The molecule has 112 valence electrons. The smallest absolute Gasteiger partial charge is 0.238 e. The number of benzene rings is 1. The van der Waals surface area contributed by atoms with Gasteiger partial charge in [0.1, 0.15) is 0 Å². The van der Waals surface area contributed by atoms with Gasteiger partial charge in [-0.05, 0) is 30.5 Å². The average Bonchev–Trinajstić information content (AvgIpc) is 2.34. The van der Waals surface area contributed by atoms with Gasteiger partial charge in [-0.2, -0.15) is 0 Å². The molecule has 0 aromatic heterocycles. The van der Waals surface area contributed by atoms with E-state index in [1.165, 1.54) is 12.1 Å². The maximum Gasteiger partial charge on any atom is 0.238 e. The van der Waals surface area contributed by atoms with Crippen LogP contribution in [0.3, 0.4) is 0 Å². The lowest BCUT2D eigenvalue weighted by Gasteiger charge is -2.24. The summed E-state index contributed by atoms with van der Waals surface area (Å²) in [7, 11) is -3.69. The molecule has 1 aromatic carbocycles. The number of carbonyl (C=O) groups is 1. The zero-order valence-corrected chi connectivity index (χ0v) is 12.6. The second-order valence-electron chi connectivity index (χ2n) is 5.13. The third-order valence-electron chi connectivity index (χ3n) is 3.11. The molecule has 1 aromatic rings. The van der Waals surface area contributed by atoms with Crippen LogP contribution in [0, 0.1) is 5.92 Å². The Morgan fingerprint density at radius 2 is 1.65 bits per heavy atom. The maximum atomic E-state index is 11.4. The van der Waals surface area contributed by atoms with Crippen LogP contribution in [0.5, 0.6) is 0 Å². The molecule has 0 bridgehead atoms. The van der Waals surface area contributed by atoms with Crippen LogP contribution in [0.4, 0.5) is 0 Å². The molecule has 0 fully saturated rings. The van der Waals surface area contributed by atoms with E-state index < -0.39 is 22.0 Å². The first-order chi connectivity index (χ1) is 9.12. The van der Waals surface area contributed by atoms with Crippen LogP contribution in [-0.2, 0) is 14.8 Å². The zero-order valence-electron chi connectivity index (χ0n) is 11.8. The first-order valence-corrected chi connectivity index (χ1v) is 7.85. The van der Waals surface area contributed by atoms with E-state index in [2.05, 4.69) is 5.32 Å². The van der Waals surface area contributed by atoms with E-state index in [-0.39, 0.29) is 16.9 Å². The Kier molecular flexibility index (Phi) is 5.27. The summed E-state index contributed by atoms with van der Waals surface area (Å²) in [6.07, 6.45) is 0. The van der Waals surface area contributed by atoms with E-state index in [0.29, 0.717) is 0 Å². The monoisotopic (exact) mass is 299 g/mol. The number of nitrogens with one attached hydrogen (secondary N) is 1. The molecule has 1 rings (SSSR count). The molecule has 0 spiro atoms. The largest absolute Gasteiger partial charge is 0.368 e. The summed E-state index contributed by atoms with van der Waals surface area (Å²) in [6.45, 7) is 5.68. The van der Waals surface area contributed by atoms with Crippen LogP contribution in [-0.4, -0.2) is 20.4 Å². The summed E-state index contributed by atoms with van der Waals surface area (Å²) in [5, 5.41) is 8.17. The Morgan fingerprint density at radius 1 is 1.15 bits per heavy atom. The number of hydrogen-bond donors (Lipinski definition) is 3. The molecule has 0 saturated carbocycles. The van der Waals surface area contributed by atoms with E-state index >= 15 is 0 Å². The van der Waals surface area contributed by atoms with E-state index in [1.54, 1.807) is 12.1 Å². The van der Waals surface area contributed by atoms with Gasteiger partial charge in [-0.3, -0.25) is 10.1 Å². The lowest BCUT2D eigenvalue weighted by Crippen LogP contribution is -2.45. The third kappa shape index (κ3) is 4.29. The van der Waals surface area contributed by atoms with Crippen LogP contribution in [0.25, 0.3) is 0 Å². The molecule has 6 nitrogen and oxygen atoms in total. The highest BCUT2D eigenvalue weighted by molar-refractivity contribution is 7.89. The van der Waals surface area contributed by atoms with Gasteiger partial charge in [0, 0.05) is 6.04 Å². The van der Waals surface area contributed by atoms with Gasteiger partial charge in [0.25, 0.3) is 0 Å². The van der Waals surface area contributed by atoms with E-state index in [4.69, 9.17) is 10.9 Å². The van der Waals surface area contributed by atoms with Crippen LogP contribution in [0.1, 0.15) is 32.4 Å². The van der Waals surface area contributed by atoms with Crippen molar-refractivity contribution in [3.8, 4) is 0 Å².